The maximum absolute atomic E-state index is 14.0. The van der Waals surface area contributed by atoms with Crippen LogP contribution < -0.4 is 16.0 Å². The quantitative estimate of drug-likeness (QED) is 0.429. The van der Waals surface area contributed by atoms with Crippen LogP contribution in [-0.4, -0.2) is 44.2 Å². The van der Waals surface area contributed by atoms with Crippen molar-refractivity contribution < 1.29 is 9.53 Å². The fourth-order valence-electron chi connectivity index (χ4n) is 5.61. The smallest absolute Gasteiger partial charge is 0.336 e. The maximum atomic E-state index is 14.0. The number of amides is 1. The Bertz CT molecular complexity index is 1590. The van der Waals surface area contributed by atoms with E-state index in [1.165, 1.54) is 9.13 Å². The number of rotatable bonds is 5. The molecule has 3 heterocycles. The zero-order valence-corrected chi connectivity index (χ0v) is 21.3. The summed E-state index contributed by atoms with van der Waals surface area (Å²) in [4.78, 5) is 43.5. The van der Waals surface area contributed by atoms with E-state index in [-0.39, 0.29) is 18.5 Å². The maximum Gasteiger partial charge on any atom is 0.336 e. The van der Waals surface area contributed by atoms with Crippen molar-refractivity contribution in [2.45, 2.75) is 52.1 Å². The summed E-state index contributed by atoms with van der Waals surface area (Å²) in [5.41, 5.74) is 2.02. The number of para-hydroxylation sites is 1. The minimum absolute atomic E-state index is 0.0974. The second kappa shape index (κ2) is 9.33. The molecule has 0 N–H and O–H groups in total. The molecule has 2 aromatic heterocycles. The summed E-state index contributed by atoms with van der Waals surface area (Å²) in [5, 5.41) is 0.705. The lowest BCUT2D eigenvalue weighted by Crippen LogP contribution is -2.47. The molecule has 1 fully saturated rings. The van der Waals surface area contributed by atoms with Gasteiger partial charge in [-0.05, 0) is 62.4 Å². The Morgan fingerprint density at radius 1 is 1.08 bits per heavy atom. The second-order valence-corrected chi connectivity index (χ2v) is 9.58. The zero-order valence-electron chi connectivity index (χ0n) is 21.3. The van der Waals surface area contributed by atoms with Crippen LogP contribution in [0.4, 0.5) is 0 Å². The summed E-state index contributed by atoms with van der Waals surface area (Å²) in [6.07, 6.45) is 3.92. The van der Waals surface area contributed by atoms with E-state index < -0.39 is 11.2 Å². The van der Waals surface area contributed by atoms with Gasteiger partial charge < -0.3 is 14.2 Å². The van der Waals surface area contributed by atoms with Crippen molar-refractivity contribution in [3.8, 4) is 11.4 Å². The number of piperidine rings is 1. The van der Waals surface area contributed by atoms with Gasteiger partial charge in [0.15, 0.2) is 0 Å². The molecule has 1 amide bonds. The molecule has 0 bridgehead atoms. The second-order valence-electron chi connectivity index (χ2n) is 9.58. The first-order valence-corrected chi connectivity index (χ1v) is 12.5. The van der Waals surface area contributed by atoms with Crippen LogP contribution in [0.25, 0.3) is 27.6 Å². The SMILES string of the molecule is CCC1CCCCN1C(=O)Cn1c(=O)n(-c2ccccc2C)c(=O)c2c1c1cc(OC)ccc1n2C. The van der Waals surface area contributed by atoms with Gasteiger partial charge in [0.25, 0.3) is 5.56 Å². The Balaban J connectivity index is 1.83. The van der Waals surface area contributed by atoms with E-state index in [9.17, 15) is 14.4 Å². The number of ether oxygens (including phenoxy) is 1. The number of hydrogen-bond acceptors (Lipinski definition) is 4. The highest BCUT2D eigenvalue weighted by atomic mass is 16.5. The summed E-state index contributed by atoms with van der Waals surface area (Å²) >= 11 is 0. The first-order valence-electron chi connectivity index (χ1n) is 12.5. The van der Waals surface area contributed by atoms with Crippen LogP contribution in [0.1, 0.15) is 38.2 Å². The normalized spacial score (nSPS) is 16.1. The fourth-order valence-corrected chi connectivity index (χ4v) is 5.61. The van der Waals surface area contributed by atoms with Gasteiger partial charge in [0, 0.05) is 25.0 Å². The zero-order chi connectivity index (χ0) is 25.6. The number of carbonyl (C=O) groups excluding carboxylic acids is 1. The van der Waals surface area contributed by atoms with Crippen LogP contribution in [0.15, 0.2) is 52.1 Å². The predicted molar refractivity (Wildman–Crippen MR) is 141 cm³/mol. The molecular formula is C28H32N4O4. The lowest BCUT2D eigenvalue weighted by atomic mass is 10.00. The Morgan fingerprint density at radius 3 is 2.58 bits per heavy atom. The topological polar surface area (TPSA) is 78.5 Å². The summed E-state index contributed by atoms with van der Waals surface area (Å²) in [6, 6.07) is 13.0. The highest BCUT2D eigenvalue weighted by molar-refractivity contribution is 6.06. The van der Waals surface area contributed by atoms with Crippen molar-refractivity contribution in [3.05, 3.63) is 68.9 Å². The highest BCUT2D eigenvalue weighted by Gasteiger charge is 2.28. The third-order valence-electron chi connectivity index (χ3n) is 7.55. The molecule has 1 saturated heterocycles. The number of methoxy groups -OCH3 is 1. The Labute approximate surface area is 209 Å². The summed E-state index contributed by atoms with van der Waals surface area (Å²) in [5.74, 6) is 0.519. The van der Waals surface area contributed by atoms with Gasteiger partial charge in [-0.15, -0.1) is 0 Å². The Kier molecular flexibility index (Phi) is 6.20. The average molecular weight is 489 g/mol. The van der Waals surface area contributed by atoms with Gasteiger partial charge in [-0.25, -0.2) is 9.36 Å². The van der Waals surface area contributed by atoms with Gasteiger partial charge in [0.2, 0.25) is 5.91 Å². The molecule has 5 rings (SSSR count). The van der Waals surface area contributed by atoms with Crippen LogP contribution in [0, 0.1) is 6.92 Å². The molecule has 0 aliphatic carbocycles. The molecule has 36 heavy (non-hydrogen) atoms. The van der Waals surface area contributed by atoms with E-state index in [4.69, 9.17) is 4.74 Å². The number of carbonyl (C=O) groups is 1. The summed E-state index contributed by atoms with van der Waals surface area (Å²) in [6.45, 7) is 4.52. The van der Waals surface area contributed by atoms with Gasteiger partial charge in [-0.2, -0.15) is 0 Å². The number of nitrogens with zero attached hydrogens (tertiary/aromatic N) is 4. The van der Waals surface area contributed by atoms with Crippen LogP contribution in [-0.2, 0) is 18.4 Å². The van der Waals surface area contributed by atoms with Crippen LogP contribution in [0.3, 0.4) is 0 Å². The van der Waals surface area contributed by atoms with Crippen LogP contribution in [0.2, 0.25) is 0 Å². The average Bonchev–Trinajstić information content (AvgIpc) is 3.19. The van der Waals surface area contributed by atoms with Gasteiger partial charge >= 0.3 is 5.69 Å². The van der Waals surface area contributed by atoms with Gasteiger partial charge in [0.05, 0.1) is 23.8 Å². The number of likely N-dealkylation sites (tertiary alicyclic amines) is 1. The molecule has 2 aromatic carbocycles. The van der Waals surface area contributed by atoms with Gasteiger partial charge in [-0.1, -0.05) is 25.1 Å². The van der Waals surface area contributed by atoms with Crippen molar-refractivity contribution in [3.63, 3.8) is 0 Å². The minimum atomic E-state index is -0.518. The van der Waals surface area contributed by atoms with E-state index in [0.717, 1.165) is 36.8 Å². The number of fused-ring (bicyclic) bond motifs is 3. The molecular weight excluding hydrogens is 456 g/mol. The van der Waals surface area contributed by atoms with Crippen molar-refractivity contribution in [2.75, 3.05) is 13.7 Å². The first kappa shape index (κ1) is 23.9. The number of aryl methyl sites for hydroxylation is 2. The van der Waals surface area contributed by atoms with E-state index in [1.54, 1.807) is 23.8 Å². The van der Waals surface area contributed by atoms with E-state index in [2.05, 4.69) is 6.92 Å². The van der Waals surface area contributed by atoms with E-state index in [0.29, 0.717) is 34.4 Å². The number of aromatic nitrogens is 3. The standard InChI is InChI=1S/C28H32N4O4/c1-5-19-11-8-9-15-30(19)24(33)17-31-25-21-16-20(36-4)13-14-23(21)29(3)26(25)27(34)32(28(31)35)22-12-7-6-10-18(22)2/h6-7,10,12-14,16,19H,5,8-9,11,15,17H2,1-4H3. The molecule has 1 unspecified atom stereocenters. The number of hydrogen-bond donors (Lipinski definition) is 0. The van der Waals surface area contributed by atoms with Gasteiger partial charge in [0.1, 0.15) is 17.8 Å². The fraction of sp³-hybridized carbons (Fsp3) is 0.393. The van der Waals surface area contributed by atoms with Crippen molar-refractivity contribution in [2.24, 2.45) is 7.05 Å². The molecule has 1 aliphatic heterocycles. The summed E-state index contributed by atoms with van der Waals surface area (Å²) < 4.78 is 9.93. The third kappa shape index (κ3) is 3.72. The minimum Gasteiger partial charge on any atom is -0.497 e. The predicted octanol–water partition coefficient (Wildman–Crippen LogP) is 3.75. The third-order valence-corrected chi connectivity index (χ3v) is 7.55. The largest absolute Gasteiger partial charge is 0.497 e. The van der Waals surface area contributed by atoms with Crippen molar-refractivity contribution in [1.82, 2.24) is 18.6 Å². The van der Waals surface area contributed by atoms with Crippen LogP contribution in [0.5, 0.6) is 5.75 Å². The Morgan fingerprint density at radius 2 is 1.86 bits per heavy atom. The van der Waals surface area contributed by atoms with Crippen LogP contribution >= 0.6 is 0 Å². The molecule has 0 spiro atoms. The molecule has 4 aromatic rings. The molecule has 1 atom stereocenters. The van der Waals surface area contributed by atoms with E-state index in [1.807, 2.05) is 49.2 Å². The van der Waals surface area contributed by atoms with E-state index >= 15 is 0 Å². The molecule has 8 nitrogen and oxygen atoms in total. The lowest BCUT2D eigenvalue weighted by molar-refractivity contribution is -0.135. The lowest BCUT2D eigenvalue weighted by Gasteiger charge is -2.35. The van der Waals surface area contributed by atoms with Crippen molar-refractivity contribution >= 4 is 27.8 Å². The molecule has 0 radical (unpaired) electrons. The molecule has 1 aliphatic rings. The van der Waals surface area contributed by atoms with Gasteiger partial charge in [-0.3, -0.25) is 14.2 Å². The first-order chi connectivity index (χ1) is 17.4. The highest BCUT2D eigenvalue weighted by Crippen LogP contribution is 2.30. The molecule has 0 saturated carbocycles. The number of benzene rings is 2. The molecule has 188 valence electrons. The summed E-state index contributed by atoms with van der Waals surface area (Å²) in [7, 11) is 3.39. The Hall–Kier alpha value is -3.81. The van der Waals surface area contributed by atoms with Crippen molar-refractivity contribution in [1.29, 1.82) is 0 Å². The molecule has 8 heteroatoms. The monoisotopic (exact) mass is 488 g/mol.